The number of rotatable bonds is 12. The number of carboxylic acids is 1. The molecular formula is C26H35ClIN3O6. The normalized spacial score (nSPS) is 14.2. The first kappa shape index (κ1) is 31.0. The number of aliphatic carboxylic acids is 1. The monoisotopic (exact) mass is 647 g/mol. The zero-order valence-corrected chi connectivity index (χ0v) is 24.9. The second kappa shape index (κ2) is 13.6. The fourth-order valence-corrected chi connectivity index (χ4v) is 4.71. The first-order valence-electron chi connectivity index (χ1n) is 12.0. The molecule has 0 bridgehead atoms. The molecule has 0 aliphatic carbocycles. The van der Waals surface area contributed by atoms with Crippen LogP contribution in [-0.4, -0.2) is 50.9 Å². The minimum atomic E-state index is -1.14. The Morgan fingerprint density at radius 3 is 2.38 bits per heavy atom. The van der Waals surface area contributed by atoms with Crippen LogP contribution in [0, 0.1) is 14.9 Å². The van der Waals surface area contributed by atoms with Crippen LogP contribution < -0.4 is 5.32 Å². The quantitative estimate of drug-likeness (QED) is 0.194. The van der Waals surface area contributed by atoms with Crippen LogP contribution in [0.1, 0.15) is 59.2 Å². The molecule has 2 N–H and O–H groups in total. The number of carboxylic acid groups (broad SMARTS) is 1. The summed E-state index contributed by atoms with van der Waals surface area (Å²) >= 11 is 8.39. The number of benzene rings is 1. The van der Waals surface area contributed by atoms with Gasteiger partial charge in [-0.3, -0.25) is 19.7 Å². The molecule has 3 unspecified atom stereocenters. The first-order valence-corrected chi connectivity index (χ1v) is 13.5. The summed E-state index contributed by atoms with van der Waals surface area (Å²) in [6, 6.07) is 3.70. The van der Waals surface area contributed by atoms with Crippen molar-refractivity contribution in [1.82, 2.24) is 14.9 Å². The molecule has 1 aromatic heterocycles. The van der Waals surface area contributed by atoms with Gasteiger partial charge in [-0.05, 0) is 79.5 Å². The van der Waals surface area contributed by atoms with Crippen molar-refractivity contribution in [2.75, 3.05) is 0 Å². The minimum Gasteiger partial charge on any atom is -0.480 e. The number of imidazole rings is 1. The van der Waals surface area contributed by atoms with Gasteiger partial charge in [0.25, 0.3) is 0 Å². The molecule has 0 amide bonds. The van der Waals surface area contributed by atoms with Crippen LogP contribution in [0.5, 0.6) is 0 Å². The van der Waals surface area contributed by atoms with E-state index in [1.54, 1.807) is 33.3 Å². The maximum absolute atomic E-state index is 13.2. The molecule has 1 heterocycles. The van der Waals surface area contributed by atoms with Gasteiger partial charge in [0.1, 0.15) is 12.1 Å². The molecule has 0 fully saturated rings. The molecule has 37 heavy (non-hydrogen) atoms. The second-order valence-electron chi connectivity index (χ2n) is 10.4. The largest absolute Gasteiger partial charge is 0.480 e. The lowest BCUT2D eigenvalue weighted by atomic mass is 9.97. The first-order chi connectivity index (χ1) is 17.1. The third-order valence-electron chi connectivity index (χ3n) is 5.35. The van der Waals surface area contributed by atoms with Crippen LogP contribution in [0.4, 0.5) is 0 Å². The Kier molecular flexibility index (Phi) is 11.4. The zero-order chi connectivity index (χ0) is 27.9. The number of carbonyl (C=O) groups is 3. The highest BCUT2D eigenvalue weighted by molar-refractivity contribution is 14.1. The molecule has 9 nitrogen and oxygen atoms in total. The van der Waals surface area contributed by atoms with E-state index in [4.69, 9.17) is 21.1 Å². The molecule has 11 heteroatoms. The number of carbonyl (C=O) groups excluding carboxylic acids is 2. The molecule has 1 aromatic carbocycles. The molecule has 0 spiro atoms. The van der Waals surface area contributed by atoms with Crippen LogP contribution in [0.2, 0.25) is 5.02 Å². The van der Waals surface area contributed by atoms with Gasteiger partial charge in [-0.1, -0.05) is 25.4 Å². The van der Waals surface area contributed by atoms with Crippen molar-refractivity contribution in [1.29, 1.82) is 0 Å². The molecule has 2 rings (SSSR count). The van der Waals surface area contributed by atoms with Crippen LogP contribution in [0.15, 0.2) is 30.7 Å². The molecule has 2 aromatic rings. The summed E-state index contributed by atoms with van der Waals surface area (Å²) < 4.78 is 13.5. The Balaban J connectivity index is 2.27. The maximum Gasteiger partial charge on any atom is 0.326 e. The van der Waals surface area contributed by atoms with E-state index in [1.165, 1.54) is 6.92 Å². The number of nitrogens with one attached hydrogen (secondary N) is 1. The van der Waals surface area contributed by atoms with Gasteiger partial charge in [-0.25, -0.2) is 4.98 Å². The fraction of sp³-hybridized carbons (Fsp3) is 0.538. The van der Waals surface area contributed by atoms with E-state index >= 15 is 0 Å². The van der Waals surface area contributed by atoms with Crippen molar-refractivity contribution < 1.29 is 29.0 Å². The van der Waals surface area contributed by atoms with Gasteiger partial charge < -0.3 is 19.1 Å². The molecule has 0 aliphatic rings. The molecule has 0 saturated carbocycles. The Bertz CT molecular complexity index is 1080. The average Bonchev–Trinajstić information content (AvgIpc) is 3.17. The van der Waals surface area contributed by atoms with Gasteiger partial charge in [0.2, 0.25) is 6.29 Å². The summed E-state index contributed by atoms with van der Waals surface area (Å²) in [6.07, 6.45) is 2.54. The topological polar surface area (TPSA) is 120 Å². The van der Waals surface area contributed by atoms with Crippen molar-refractivity contribution in [2.45, 2.75) is 79.3 Å². The third kappa shape index (κ3) is 10.2. The van der Waals surface area contributed by atoms with Gasteiger partial charge >= 0.3 is 17.9 Å². The number of hydrogen-bond donors (Lipinski definition) is 2. The molecule has 3 atom stereocenters. The number of ether oxygens (including phenoxy) is 2. The Morgan fingerprint density at radius 2 is 1.81 bits per heavy atom. The Morgan fingerprint density at radius 1 is 1.14 bits per heavy atom. The summed E-state index contributed by atoms with van der Waals surface area (Å²) in [6.45, 7) is 10.8. The predicted molar refractivity (Wildman–Crippen MR) is 148 cm³/mol. The molecular weight excluding hydrogens is 613 g/mol. The van der Waals surface area contributed by atoms with Crippen molar-refractivity contribution in [3.05, 3.63) is 50.6 Å². The SMILES string of the molecule is CC(C)CC(NC(Cc1cncn1Cc1cc(Cl)cc(I)c1)C(=O)OC(C)OC(=O)C(C)(C)C)C(=O)O. The van der Waals surface area contributed by atoms with E-state index in [0.29, 0.717) is 23.7 Å². The molecule has 204 valence electrons. The van der Waals surface area contributed by atoms with Gasteiger partial charge in [0.15, 0.2) is 0 Å². The number of esters is 2. The summed E-state index contributed by atoms with van der Waals surface area (Å²) in [5, 5.41) is 13.3. The average molecular weight is 648 g/mol. The highest BCUT2D eigenvalue weighted by atomic mass is 127. The lowest BCUT2D eigenvalue weighted by molar-refractivity contribution is -0.191. The zero-order valence-electron chi connectivity index (χ0n) is 22.0. The van der Waals surface area contributed by atoms with Crippen molar-refractivity contribution in [2.24, 2.45) is 11.3 Å². The standard InChI is InChI=1S/C26H35ClIN3O6/c1-15(2)7-21(23(32)33)30-22(24(34)36-16(3)37-25(35)26(4,5)6)11-20-12-29-14-31(20)13-17-8-18(27)10-19(28)9-17/h8-10,12,14-16,21-22,30H,7,11,13H2,1-6H3,(H,32,33). The fourth-order valence-electron chi connectivity index (χ4n) is 3.53. The molecule has 0 radical (unpaired) electrons. The van der Waals surface area contributed by atoms with Gasteiger partial charge in [0.05, 0.1) is 11.7 Å². The van der Waals surface area contributed by atoms with E-state index < -0.39 is 41.7 Å². The minimum absolute atomic E-state index is 0.0766. The second-order valence-corrected chi connectivity index (χ2v) is 12.1. The Labute approximate surface area is 236 Å². The maximum atomic E-state index is 13.2. The van der Waals surface area contributed by atoms with E-state index in [0.717, 1.165) is 9.13 Å². The highest BCUT2D eigenvalue weighted by Crippen LogP contribution is 2.20. The van der Waals surface area contributed by atoms with Gasteiger partial charge in [0, 0.05) is 40.4 Å². The van der Waals surface area contributed by atoms with Crippen LogP contribution in [0.25, 0.3) is 0 Å². The molecule has 0 saturated heterocycles. The summed E-state index contributed by atoms with van der Waals surface area (Å²) in [5.41, 5.74) is 0.876. The van der Waals surface area contributed by atoms with Gasteiger partial charge in [-0.15, -0.1) is 0 Å². The smallest absolute Gasteiger partial charge is 0.326 e. The number of halogens is 2. The lowest BCUT2D eigenvalue weighted by Gasteiger charge is -2.26. The van der Waals surface area contributed by atoms with Crippen molar-refractivity contribution >= 4 is 52.1 Å². The van der Waals surface area contributed by atoms with E-state index in [-0.39, 0.29) is 12.3 Å². The third-order valence-corrected chi connectivity index (χ3v) is 6.19. The van der Waals surface area contributed by atoms with Crippen LogP contribution in [-0.2, 0) is 36.8 Å². The van der Waals surface area contributed by atoms with E-state index in [9.17, 15) is 19.5 Å². The van der Waals surface area contributed by atoms with Crippen LogP contribution in [0.3, 0.4) is 0 Å². The molecule has 0 aliphatic heterocycles. The predicted octanol–water partition coefficient (Wildman–Crippen LogP) is 4.67. The van der Waals surface area contributed by atoms with E-state index in [1.807, 2.05) is 36.6 Å². The van der Waals surface area contributed by atoms with Gasteiger partial charge in [-0.2, -0.15) is 0 Å². The van der Waals surface area contributed by atoms with E-state index in [2.05, 4.69) is 32.9 Å². The lowest BCUT2D eigenvalue weighted by Crippen LogP contribution is -2.50. The summed E-state index contributed by atoms with van der Waals surface area (Å²) in [5.74, 6) is -2.24. The number of hydrogen-bond acceptors (Lipinski definition) is 7. The van der Waals surface area contributed by atoms with Crippen molar-refractivity contribution in [3.63, 3.8) is 0 Å². The highest BCUT2D eigenvalue weighted by Gasteiger charge is 2.32. The number of nitrogens with zero attached hydrogens (tertiary/aromatic N) is 2. The summed E-state index contributed by atoms with van der Waals surface area (Å²) in [7, 11) is 0. The Hall–Kier alpha value is -2.18. The number of aromatic nitrogens is 2. The summed E-state index contributed by atoms with van der Waals surface area (Å²) in [4.78, 5) is 41.6. The van der Waals surface area contributed by atoms with Crippen molar-refractivity contribution in [3.8, 4) is 0 Å². The van der Waals surface area contributed by atoms with Crippen LogP contribution >= 0.6 is 34.2 Å².